The summed E-state index contributed by atoms with van der Waals surface area (Å²) in [6.45, 7) is 2.46. The number of carbonyl (C=O) groups excluding carboxylic acids is 2. The lowest BCUT2D eigenvalue weighted by atomic mass is 10.1. The summed E-state index contributed by atoms with van der Waals surface area (Å²) in [6.07, 6.45) is -1.54. The Morgan fingerprint density at radius 1 is 1.43 bits per heavy atom. The molecule has 0 radical (unpaired) electrons. The van der Waals surface area contributed by atoms with Gasteiger partial charge in [-0.2, -0.15) is 0 Å². The van der Waals surface area contributed by atoms with E-state index in [-0.39, 0.29) is 12.5 Å². The molecule has 7 nitrogen and oxygen atoms in total. The first-order valence-electron chi connectivity index (χ1n) is 6.65. The molecule has 21 heavy (non-hydrogen) atoms. The largest absolute Gasteiger partial charge is 0.478 e. The average Bonchev–Trinajstić information content (AvgIpc) is 2.97. The van der Waals surface area contributed by atoms with E-state index in [1.165, 1.54) is 4.90 Å². The zero-order chi connectivity index (χ0) is 15.1. The zero-order valence-corrected chi connectivity index (χ0v) is 11.4. The lowest BCUT2D eigenvalue weighted by Gasteiger charge is -2.17. The summed E-state index contributed by atoms with van der Waals surface area (Å²) in [5.41, 5.74) is 2.23. The molecule has 1 aromatic rings. The van der Waals surface area contributed by atoms with Gasteiger partial charge in [0.1, 0.15) is 0 Å². The van der Waals surface area contributed by atoms with Gasteiger partial charge in [-0.15, -0.1) is 0 Å². The Morgan fingerprint density at radius 3 is 2.81 bits per heavy atom. The van der Waals surface area contributed by atoms with Crippen LogP contribution in [0.4, 0.5) is 16.2 Å². The van der Waals surface area contributed by atoms with Crippen molar-refractivity contribution in [3.63, 3.8) is 0 Å². The number of rotatable bonds is 3. The summed E-state index contributed by atoms with van der Waals surface area (Å²) in [5, 5.41) is 8.90. The molecule has 0 aliphatic carbocycles. The molecule has 1 saturated heterocycles. The van der Waals surface area contributed by atoms with Crippen molar-refractivity contribution in [1.82, 2.24) is 0 Å². The highest BCUT2D eigenvalue weighted by Gasteiger charge is 2.37. The third-order valence-corrected chi connectivity index (χ3v) is 3.71. The first-order valence-corrected chi connectivity index (χ1v) is 6.65. The van der Waals surface area contributed by atoms with Gasteiger partial charge in [-0.05, 0) is 30.7 Å². The van der Waals surface area contributed by atoms with Crippen molar-refractivity contribution >= 4 is 29.3 Å². The molecule has 0 aromatic heterocycles. The van der Waals surface area contributed by atoms with Crippen molar-refractivity contribution in [3.8, 4) is 0 Å². The maximum atomic E-state index is 11.8. The normalized spacial score (nSPS) is 20.7. The number of cyclic esters (lactones) is 1. The molecule has 1 fully saturated rings. The number of hydrogen-bond acceptors (Lipinski definition) is 4. The van der Waals surface area contributed by atoms with Crippen molar-refractivity contribution in [1.29, 1.82) is 0 Å². The molecule has 0 spiro atoms. The van der Waals surface area contributed by atoms with Gasteiger partial charge in [0.25, 0.3) is 0 Å². The molecule has 2 aliphatic rings. The van der Waals surface area contributed by atoms with E-state index in [1.54, 1.807) is 23.1 Å². The third kappa shape index (κ3) is 2.10. The number of fused-ring (bicyclic) bond motifs is 1. The van der Waals surface area contributed by atoms with E-state index in [4.69, 9.17) is 9.84 Å². The first kappa shape index (κ1) is 13.4. The second-order valence-corrected chi connectivity index (χ2v) is 4.95. The number of carboxylic acids is 1. The van der Waals surface area contributed by atoms with Crippen LogP contribution >= 0.6 is 0 Å². The predicted octanol–water partition coefficient (Wildman–Crippen LogP) is 1.01. The van der Waals surface area contributed by atoms with Crippen LogP contribution in [0.2, 0.25) is 0 Å². The number of amides is 2. The van der Waals surface area contributed by atoms with Crippen molar-refractivity contribution in [2.24, 2.45) is 0 Å². The summed E-state index contributed by atoms with van der Waals surface area (Å²) >= 11 is 0. The fraction of sp³-hybridized carbons (Fsp3) is 0.357. The predicted molar refractivity (Wildman–Crippen MR) is 73.4 cm³/mol. The van der Waals surface area contributed by atoms with E-state index < -0.39 is 18.2 Å². The second-order valence-electron chi connectivity index (χ2n) is 4.95. The molecular formula is C14H14N2O5. The van der Waals surface area contributed by atoms with Crippen LogP contribution in [0.15, 0.2) is 18.2 Å². The summed E-state index contributed by atoms with van der Waals surface area (Å²) in [7, 11) is 0. The van der Waals surface area contributed by atoms with Gasteiger partial charge in [0.15, 0.2) is 0 Å². The van der Waals surface area contributed by atoms with Gasteiger partial charge in [-0.3, -0.25) is 9.69 Å². The highest BCUT2D eigenvalue weighted by atomic mass is 16.6. The summed E-state index contributed by atoms with van der Waals surface area (Å²) in [4.78, 5) is 37.4. The lowest BCUT2D eigenvalue weighted by molar-refractivity contribution is -0.144. The summed E-state index contributed by atoms with van der Waals surface area (Å²) in [5.74, 6) is -1.14. The van der Waals surface area contributed by atoms with Crippen molar-refractivity contribution in [2.45, 2.75) is 19.4 Å². The van der Waals surface area contributed by atoms with E-state index in [1.807, 2.05) is 6.92 Å². The highest BCUT2D eigenvalue weighted by molar-refractivity contribution is 6.02. The number of carboxylic acid groups (broad SMARTS) is 1. The Labute approximate surface area is 120 Å². The zero-order valence-electron chi connectivity index (χ0n) is 11.4. The summed E-state index contributed by atoms with van der Waals surface area (Å²) in [6, 6.07) is 5.22. The van der Waals surface area contributed by atoms with Gasteiger partial charge in [-0.1, -0.05) is 0 Å². The number of nitrogens with zero attached hydrogens (tertiary/aromatic N) is 2. The Balaban J connectivity index is 1.89. The molecule has 3 rings (SSSR count). The van der Waals surface area contributed by atoms with Crippen LogP contribution < -0.4 is 9.80 Å². The van der Waals surface area contributed by atoms with Gasteiger partial charge in [-0.25, -0.2) is 9.59 Å². The van der Waals surface area contributed by atoms with Crippen LogP contribution in [0.25, 0.3) is 0 Å². The summed E-state index contributed by atoms with van der Waals surface area (Å²) < 4.78 is 4.78. The number of anilines is 2. The topological polar surface area (TPSA) is 87.2 Å². The van der Waals surface area contributed by atoms with Crippen LogP contribution in [-0.4, -0.2) is 42.3 Å². The quantitative estimate of drug-likeness (QED) is 0.897. The number of carbonyl (C=O) groups is 3. The Hall–Kier alpha value is -2.57. The highest BCUT2D eigenvalue weighted by Crippen LogP contribution is 2.33. The molecule has 0 unspecified atom stereocenters. The minimum atomic E-state index is -1.17. The molecule has 2 heterocycles. The molecule has 1 aromatic carbocycles. The Kier molecular flexibility index (Phi) is 3.04. The van der Waals surface area contributed by atoms with Crippen molar-refractivity contribution in [2.75, 3.05) is 22.9 Å². The van der Waals surface area contributed by atoms with Gasteiger partial charge in [0, 0.05) is 17.9 Å². The van der Waals surface area contributed by atoms with Crippen LogP contribution in [-0.2, 0) is 20.7 Å². The maximum absolute atomic E-state index is 11.8. The number of likely N-dealkylation sites (N-methyl/N-ethyl adjacent to an activating group) is 1. The van der Waals surface area contributed by atoms with Gasteiger partial charge < -0.3 is 14.7 Å². The smallest absolute Gasteiger partial charge is 0.415 e. The fourth-order valence-corrected chi connectivity index (χ4v) is 2.69. The standard InChI is InChI=1S/C14H14N2O5/c1-2-15-10-4-3-9(5-8(10)6-12(15)17)16-7-11(13(18)19)21-14(16)20/h3-5,11H,2,6-7H2,1H3,(H,18,19)/t11-/m1/s1. The maximum Gasteiger partial charge on any atom is 0.415 e. The van der Waals surface area contributed by atoms with Gasteiger partial charge in [0.05, 0.1) is 13.0 Å². The van der Waals surface area contributed by atoms with Crippen LogP contribution in [0.1, 0.15) is 12.5 Å². The SMILES string of the molecule is CCN1C(=O)Cc2cc(N3C[C@H](C(=O)O)OC3=O)ccc21. The third-order valence-electron chi connectivity index (χ3n) is 3.71. The molecule has 2 aliphatic heterocycles. The molecule has 1 N–H and O–H groups in total. The number of aliphatic carboxylic acids is 1. The number of ether oxygens (including phenoxy) is 1. The minimum Gasteiger partial charge on any atom is -0.478 e. The Bertz CT molecular complexity index is 642. The molecule has 110 valence electrons. The number of benzene rings is 1. The van der Waals surface area contributed by atoms with Gasteiger partial charge in [0.2, 0.25) is 12.0 Å². The van der Waals surface area contributed by atoms with Gasteiger partial charge >= 0.3 is 12.1 Å². The number of hydrogen-bond donors (Lipinski definition) is 1. The van der Waals surface area contributed by atoms with E-state index in [0.717, 1.165) is 11.3 Å². The minimum absolute atomic E-state index is 0.0251. The molecule has 7 heteroatoms. The molecular weight excluding hydrogens is 276 g/mol. The average molecular weight is 290 g/mol. The first-order chi connectivity index (χ1) is 10.0. The van der Waals surface area contributed by atoms with E-state index >= 15 is 0 Å². The van der Waals surface area contributed by atoms with E-state index in [2.05, 4.69) is 0 Å². The monoisotopic (exact) mass is 290 g/mol. The fourth-order valence-electron chi connectivity index (χ4n) is 2.69. The van der Waals surface area contributed by atoms with E-state index in [0.29, 0.717) is 18.7 Å². The van der Waals surface area contributed by atoms with E-state index in [9.17, 15) is 14.4 Å². The molecule has 1 atom stereocenters. The lowest BCUT2D eigenvalue weighted by Crippen LogP contribution is -2.27. The second kappa shape index (κ2) is 4.76. The molecule has 2 amide bonds. The van der Waals surface area contributed by atoms with Crippen LogP contribution in [0.5, 0.6) is 0 Å². The molecule has 0 saturated carbocycles. The van der Waals surface area contributed by atoms with Crippen molar-refractivity contribution < 1.29 is 24.2 Å². The van der Waals surface area contributed by atoms with Crippen molar-refractivity contribution in [3.05, 3.63) is 23.8 Å². The van der Waals surface area contributed by atoms with Crippen LogP contribution in [0, 0.1) is 0 Å². The molecule has 0 bridgehead atoms. The van der Waals surface area contributed by atoms with Crippen LogP contribution in [0.3, 0.4) is 0 Å². The Morgan fingerprint density at radius 2 is 2.19 bits per heavy atom.